The Morgan fingerprint density at radius 1 is 1.41 bits per heavy atom. The molecule has 17 heavy (non-hydrogen) atoms. The van der Waals surface area contributed by atoms with Crippen LogP contribution in [0.5, 0.6) is 0 Å². The Kier molecular flexibility index (Phi) is 4.05. The van der Waals surface area contributed by atoms with Crippen LogP contribution in [0.2, 0.25) is 0 Å². The molecule has 1 saturated carbocycles. The van der Waals surface area contributed by atoms with E-state index in [0.29, 0.717) is 12.5 Å². The predicted octanol–water partition coefficient (Wildman–Crippen LogP) is 1.01. The van der Waals surface area contributed by atoms with Crippen molar-refractivity contribution in [2.75, 3.05) is 32.8 Å². The van der Waals surface area contributed by atoms with E-state index in [2.05, 4.69) is 17.1 Å². The molecule has 0 bridgehead atoms. The Bertz CT molecular complexity index is 271. The number of rotatable bonds is 4. The van der Waals surface area contributed by atoms with Gasteiger partial charge in [0, 0.05) is 19.6 Å². The molecule has 1 unspecified atom stereocenters. The van der Waals surface area contributed by atoms with Crippen LogP contribution in [0.25, 0.3) is 0 Å². The van der Waals surface area contributed by atoms with Gasteiger partial charge in [-0.3, -0.25) is 9.69 Å². The molecule has 2 aliphatic rings. The molecule has 0 spiro atoms. The van der Waals surface area contributed by atoms with Crippen molar-refractivity contribution in [3.05, 3.63) is 0 Å². The summed E-state index contributed by atoms with van der Waals surface area (Å²) in [5.74, 6) is 0.476. The molecule has 1 N–H and O–H groups in total. The second-order valence-corrected chi connectivity index (χ2v) is 5.23. The molecule has 2 fully saturated rings. The van der Waals surface area contributed by atoms with Crippen molar-refractivity contribution in [2.45, 2.75) is 38.6 Å². The van der Waals surface area contributed by atoms with E-state index in [-0.39, 0.29) is 11.5 Å². The molecule has 98 valence electrons. The third-order valence-corrected chi connectivity index (χ3v) is 4.06. The summed E-state index contributed by atoms with van der Waals surface area (Å²) in [4.78, 5) is 14.6. The standard InChI is InChI=1S/C13H24N2O2/c1-3-17-12(16)13(2,11-5-6-11)15-9-4-7-14-8-10-15/h11,14H,3-10H2,1-2H3. The third kappa shape index (κ3) is 2.63. The smallest absolute Gasteiger partial charge is 0.326 e. The maximum absolute atomic E-state index is 12.3. The minimum atomic E-state index is -0.387. The molecule has 4 nitrogen and oxygen atoms in total. The highest BCUT2D eigenvalue weighted by molar-refractivity contribution is 5.81. The van der Waals surface area contributed by atoms with Gasteiger partial charge in [0.2, 0.25) is 0 Å². The zero-order chi connectivity index (χ0) is 12.3. The Balaban J connectivity index is 2.11. The van der Waals surface area contributed by atoms with Crippen molar-refractivity contribution in [3.8, 4) is 0 Å². The molecule has 1 heterocycles. The van der Waals surface area contributed by atoms with Crippen LogP contribution in [0.4, 0.5) is 0 Å². The van der Waals surface area contributed by atoms with Crippen molar-refractivity contribution in [2.24, 2.45) is 5.92 Å². The van der Waals surface area contributed by atoms with E-state index in [4.69, 9.17) is 4.74 Å². The van der Waals surface area contributed by atoms with Gasteiger partial charge in [-0.15, -0.1) is 0 Å². The quantitative estimate of drug-likeness (QED) is 0.745. The van der Waals surface area contributed by atoms with Crippen molar-refractivity contribution >= 4 is 5.97 Å². The minimum absolute atomic E-state index is 0.0237. The Morgan fingerprint density at radius 3 is 2.82 bits per heavy atom. The number of nitrogens with zero attached hydrogens (tertiary/aromatic N) is 1. The first kappa shape index (κ1) is 12.8. The molecular formula is C13H24N2O2. The van der Waals surface area contributed by atoms with E-state index in [1.807, 2.05) is 6.92 Å². The molecule has 4 heteroatoms. The molecular weight excluding hydrogens is 216 g/mol. The highest BCUT2D eigenvalue weighted by Crippen LogP contribution is 2.44. The lowest BCUT2D eigenvalue weighted by Crippen LogP contribution is -2.56. The number of ether oxygens (including phenoxy) is 1. The second kappa shape index (κ2) is 5.36. The van der Waals surface area contributed by atoms with Crippen molar-refractivity contribution < 1.29 is 9.53 Å². The van der Waals surface area contributed by atoms with Gasteiger partial charge in [0.1, 0.15) is 5.54 Å². The fourth-order valence-corrected chi connectivity index (χ4v) is 2.79. The topological polar surface area (TPSA) is 41.6 Å². The van der Waals surface area contributed by atoms with Crippen molar-refractivity contribution in [1.82, 2.24) is 10.2 Å². The molecule has 0 amide bonds. The summed E-state index contributed by atoms with van der Waals surface area (Å²) in [5, 5.41) is 3.39. The summed E-state index contributed by atoms with van der Waals surface area (Å²) in [6.45, 7) is 8.42. The zero-order valence-electron chi connectivity index (χ0n) is 11.0. The van der Waals surface area contributed by atoms with Crippen LogP contribution in [0.3, 0.4) is 0 Å². The van der Waals surface area contributed by atoms with Crippen LogP contribution in [-0.2, 0) is 9.53 Å². The average molecular weight is 240 g/mol. The molecule has 0 aromatic rings. The Labute approximate surface area is 104 Å². The fraction of sp³-hybridized carbons (Fsp3) is 0.923. The fourth-order valence-electron chi connectivity index (χ4n) is 2.79. The first-order valence-corrected chi connectivity index (χ1v) is 6.82. The van der Waals surface area contributed by atoms with Gasteiger partial charge in [-0.25, -0.2) is 0 Å². The first-order chi connectivity index (χ1) is 8.19. The van der Waals surface area contributed by atoms with Crippen LogP contribution in [0.15, 0.2) is 0 Å². The van der Waals surface area contributed by atoms with Crippen LogP contribution in [0, 0.1) is 5.92 Å². The lowest BCUT2D eigenvalue weighted by molar-refractivity contribution is -0.158. The highest BCUT2D eigenvalue weighted by atomic mass is 16.5. The minimum Gasteiger partial charge on any atom is -0.465 e. The maximum atomic E-state index is 12.3. The molecule has 0 aromatic heterocycles. The number of hydrogen-bond donors (Lipinski definition) is 1. The Morgan fingerprint density at radius 2 is 2.18 bits per heavy atom. The van der Waals surface area contributed by atoms with Gasteiger partial charge in [0.15, 0.2) is 0 Å². The maximum Gasteiger partial charge on any atom is 0.326 e. The summed E-state index contributed by atoms with van der Waals surface area (Å²) in [7, 11) is 0. The average Bonchev–Trinajstić information content (AvgIpc) is 3.15. The molecule has 1 saturated heterocycles. The second-order valence-electron chi connectivity index (χ2n) is 5.23. The molecule has 1 atom stereocenters. The summed E-state index contributed by atoms with van der Waals surface area (Å²) >= 11 is 0. The van der Waals surface area contributed by atoms with E-state index >= 15 is 0 Å². The van der Waals surface area contributed by atoms with E-state index in [1.165, 1.54) is 12.8 Å². The predicted molar refractivity (Wildman–Crippen MR) is 66.8 cm³/mol. The molecule has 0 radical (unpaired) electrons. The number of nitrogens with one attached hydrogen (secondary N) is 1. The number of carbonyl (C=O) groups is 1. The normalized spacial score (nSPS) is 26.0. The van der Waals surface area contributed by atoms with Gasteiger partial charge in [0.25, 0.3) is 0 Å². The number of carbonyl (C=O) groups excluding carboxylic acids is 1. The first-order valence-electron chi connectivity index (χ1n) is 6.82. The lowest BCUT2D eigenvalue weighted by Gasteiger charge is -2.38. The summed E-state index contributed by atoms with van der Waals surface area (Å²) < 4.78 is 5.30. The van der Waals surface area contributed by atoms with Gasteiger partial charge in [-0.1, -0.05) is 0 Å². The van der Waals surface area contributed by atoms with E-state index in [1.54, 1.807) is 0 Å². The summed E-state index contributed by atoms with van der Waals surface area (Å²) in [5.41, 5.74) is -0.387. The van der Waals surface area contributed by atoms with Crippen LogP contribution in [-0.4, -0.2) is 49.2 Å². The number of hydrogen-bond acceptors (Lipinski definition) is 4. The van der Waals surface area contributed by atoms with E-state index in [0.717, 1.165) is 32.6 Å². The van der Waals surface area contributed by atoms with Gasteiger partial charge < -0.3 is 10.1 Å². The van der Waals surface area contributed by atoms with Crippen LogP contribution >= 0.6 is 0 Å². The molecule has 2 rings (SSSR count). The van der Waals surface area contributed by atoms with Gasteiger partial charge >= 0.3 is 5.97 Å². The number of esters is 1. The molecule has 0 aromatic carbocycles. The molecule has 1 aliphatic carbocycles. The van der Waals surface area contributed by atoms with Crippen molar-refractivity contribution in [1.29, 1.82) is 0 Å². The summed E-state index contributed by atoms with van der Waals surface area (Å²) in [6, 6.07) is 0. The monoisotopic (exact) mass is 240 g/mol. The molecule has 1 aliphatic heterocycles. The Hall–Kier alpha value is -0.610. The van der Waals surface area contributed by atoms with Gasteiger partial charge in [-0.05, 0) is 45.6 Å². The van der Waals surface area contributed by atoms with Gasteiger partial charge in [-0.2, -0.15) is 0 Å². The largest absolute Gasteiger partial charge is 0.465 e. The highest BCUT2D eigenvalue weighted by Gasteiger charge is 2.52. The van der Waals surface area contributed by atoms with E-state index in [9.17, 15) is 4.79 Å². The van der Waals surface area contributed by atoms with Crippen LogP contribution in [0.1, 0.15) is 33.1 Å². The lowest BCUT2D eigenvalue weighted by atomic mass is 9.93. The zero-order valence-corrected chi connectivity index (χ0v) is 11.0. The summed E-state index contributed by atoms with van der Waals surface area (Å²) in [6.07, 6.45) is 3.44. The SMILES string of the molecule is CCOC(=O)C(C)(C1CC1)N1CCCNCC1. The van der Waals surface area contributed by atoms with E-state index < -0.39 is 0 Å². The van der Waals surface area contributed by atoms with Crippen molar-refractivity contribution in [3.63, 3.8) is 0 Å². The van der Waals surface area contributed by atoms with Gasteiger partial charge in [0.05, 0.1) is 6.61 Å². The van der Waals surface area contributed by atoms with Crippen LogP contribution < -0.4 is 5.32 Å². The third-order valence-electron chi connectivity index (χ3n) is 4.06.